The van der Waals surface area contributed by atoms with Crippen LogP contribution in [0.4, 0.5) is 10.1 Å². The summed E-state index contributed by atoms with van der Waals surface area (Å²) in [5, 5.41) is 8.76. The lowest BCUT2D eigenvalue weighted by molar-refractivity contribution is 0.0696. The number of carboxylic acids is 1. The molecular formula is C15H14FNO2. The van der Waals surface area contributed by atoms with Crippen LogP contribution in [-0.2, 0) is 12.8 Å². The van der Waals surface area contributed by atoms with Crippen LogP contribution in [0.1, 0.15) is 21.5 Å². The van der Waals surface area contributed by atoms with Gasteiger partial charge in [0, 0.05) is 5.69 Å². The molecular weight excluding hydrogens is 245 g/mol. The zero-order chi connectivity index (χ0) is 13.8. The van der Waals surface area contributed by atoms with Gasteiger partial charge in [0.15, 0.2) is 0 Å². The lowest BCUT2D eigenvalue weighted by atomic mass is 10.0. The normalized spacial score (nSPS) is 10.4. The molecule has 0 saturated heterocycles. The fourth-order valence-corrected chi connectivity index (χ4v) is 1.85. The van der Waals surface area contributed by atoms with Gasteiger partial charge < -0.3 is 10.8 Å². The zero-order valence-electron chi connectivity index (χ0n) is 10.3. The van der Waals surface area contributed by atoms with Gasteiger partial charge in [0.2, 0.25) is 0 Å². The van der Waals surface area contributed by atoms with Crippen molar-refractivity contribution in [1.29, 1.82) is 0 Å². The largest absolute Gasteiger partial charge is 0.478 e. The number of carboxylic acid groups (broad SMARTS) is 1. The number of aromatic carboxylic acids is 1. The van der Waals surface area contributed by atoms with Crippen LogP contribution in [0, 0.1) is 5.82 Å². The Hall–Kier alpha value is -2.36. The minimum Gasteiger partial charge on any atom is -0.478 e. The number of carbonyl (C=O) groups is 1. The fourth-order valence-electron chi connectivity index (χ4n) is 1.85. The molecule has 4 heteroatoms. The third-order valence-corrected chi connectivity index (χ3v) is 2.96. The summed E-state index contributed by atoms with van der Waals surface area (Å²) >= 11 is 0. The first-order valence-electron chi connectivity index (χ1n) is 5.92. The van der Waals surface area contributed by atoms with Crippen molar-refractivity contribution < 1.29 is 14.3 Å². The second-order valence-electron chi connectivity index (χ2n) is 4.35. The van der Waals surface area contributed by atoms with E-state index in [4.69, 9.17) is 10.8 Å². The molecule has 98 valence electrons. The summed E-state index contributed by atoms with van der Waals surface area (Å²) in [5.41, 5.74) is 7.83. The summed E-state index contributed by atoms with van der Waals surface area (Å²) in [7, 11) is 0. The average Bonchev–Trinajstić information content (AvgIpc) is 2.39. The van der Waals surface area contributed by atoms with Crippen LogP contribution in [0.5, 0.6) is 0 Å². The first-order valence-corrected chi connectivity index (χ1v) is 5.92. The molecule has 3 nitrogen and oxygen atoms in total. The van der Waals surface area contributed by atoms with Crippen molar-refractivity contribution in [3.05, 3.63) is 65.0 Å². The molecule has 0 amide bonds. The van der Waals surface area contributed by atoms with Crippen molar-refractivity contribution in [2.45, 2.75) is 12.8 Å². The molecule has 3 N–H and O–H groups in total. The van der Waals surface area contributed by atoms with Gasteiger partial charge in [0.25, 0.3) is 0 Å². The molecule has 0 aliphatic rings. The van der Waals surface area contributed by atoms with Gasteiger partial charge in [-0.3, -0.25) is 0 Å². The molecule has 0 aromatic heterocycles. The van der Waals surface area contributed by atoms with Crippen molar-refractivity contribution in [1.82, 2.24) is 0 Å². The lowest BCUT2D eigenvalue weighted by Crippen LogP contribution is -2.00. The van der Waals surface area contributed by atoms with Crippen LogP contribution in [0.3, 0.4) is 0 Å². The van der Waals surface area contributed by atoms with E-state index in [-0.39, 0.29) is 5.56 Å². The lowest BCUT2D eigenvalue weighted by Gasteiger charge is -2.05. The molecule has 0 fully saturated rings. The summed E-state index contributed by atoms with van der Waals surface area (Å²) in [6.07, 6.45) is 1.21. The van der Waals surface area contributed by atoms with Gasteiger partial charge in [-0.15, -0.1) is 0 Å². The molecule has 0 aliphatic carbocycles. The molecule has 0 radical (unpaired) electrons. The molecule has 0 aliphatic heterocycles. The fraction of sp³-hybridized carbons (Fsp3) is 0.133. The minimum absolute atomic E-state index is 0.0336. The van der Waals surface area contributed by atoms with Crippen LogP contribution >= 0.6 is 0 Å². The number of rotatable bonds is 4. The Kier molecular flexibility index (Phi) is 3.80. The Morgan fingerprint density at radius 1 is 1.11 bits per heavy atom. The summed E-state index contributed by atoms with van der Waals surface area (Å²) in [6, 6.07) is 11.4. The Morgan fingerprint density at radius 3 is 2.37 bits per heavy atom. The third-order valence-electron chi connectivity index (χ3n) is 2.96. The molecule has 2 aromatic rings. The van der Waals surface area contributed by atoms with Gasteiger partial charge >= 0.3 is 5.97 Å². The number of benzene rings is 2. The van der Waals surface area contributed by atoms with Crippen LogP contribution < -0.4 is 5.73 Å². The maximum atomic E-state index is 13.7. The van der Waals surface area contributed by atoms with E-state index in [1.54, 1.807) is 12.1 Å². The van der Waals surface area contributed by atoms with Crippen LogP contribution in [0.2, 0.25) is 0 Å². The van der Waals surface area contributed by atoms with E-state index in [1.807, 2.05) is 12.1 Å². The Labute approximate surface area is 110 Å². The van der Waals surface area contributed by atoms with Crippen molar-refractivity contribution >= 4 is 11.7 Å². The predicted molar refractivity (Wildman–Crippen MR) is 71.6 cm³/mol. The summed E-state index contributed by atoms with van der Waals surface area (Å²) in [5.74, 6) is -1.60. The zero-order valence-corrected chi connectivity index (χ0v) is 10.3. The Bertz CT molecular complexity index is 594. The quantitative estimate of drug-likeness (QED) is 0.830. The van der Waals surface area contributed by atoms with Crippen LogP contribution in [0.25, 0.3) is 0 Å². The second kappa shape index (κ2) is 5.52. The van der Waals surface area contributed by atoms with Crippen molar-refractivity contribution in [3.8, 4) is 0 Å². The number of nitrogen functional groups attached to an aromatic ring is 1. The predicted octanol–water partition coefficient (Wildman–Crippen LogP) is 2.89. The number of hydrogen-bond acceptors (Lipinski definition) is 2. The highest BCUT2D eigenvalue weighted by Crippen LogP contribution is 2.14. The first-order chi connectivity index (χ1) is 9.06. The average molecular weight is 259 g/mol. The second-order valence-corrected chi connectivity index (χ2v) is 4.35. The number of hydrogen-bond donors (Lipinski definition) is 2. The van der Waals surface area contributed by atoms with Crippen molar-refractivity contribution in [2.75, 3.05) is 5.73 Å². The standard InChI is InChI=1S/C15H14FNO2/c16-14-9-12(15(18)19)6-5-11(14)4-1-10-2-7-13(17)8-3-10/h2-3,5-9H,1,4,17H2,(H,18,19). The minimum atomic E-state index is -1.12. The van der Waals surface area contributed by atoms with E-state index in [1.165, 1.54) is 12.1 Å². The van der Waals surface area contributed by atoms with Crippen molar-refractivity contribution in [3.63, 3.8) is 0 Å². The van der Waals surface area contributed by atoms with Crippen LogP contribution in [-0.4, -0.2) is 11.1 Å². The summed E-state index contributed by atoms with van der Waals surface area (Å²) in [4.78, 5) is 10.7. The molecule has 0 spiro atoms. The number of anilines is 1. The van der Waals surface area contributed by atoms with E-state index in [0.29, 0.717) is 24.1 Å². The first kappa shape index (κ1) is 13.1. The highest BCUT2D eigenvalue weighted by molar-refractivity contribution is 5.87. The van der Waals surface area contributed by atoms with E-state index < -0.39 is 11.8 Å². The third kappa shape index (κ3) is 3.31. The topological polar surface area (TPSA) is 63.3 Å². The molecule has 0 bridgehead atoms. The summed E-state index contributed by atoms with van der Waals surface area (Å²) < 4.78 is 13.7. The van der Waals surface area contributed by atoms with E-state index >= 15 is 0 Å². The van der Waals surface area contributed by atoms with Crippen LogP contribution in [0.15, 0.2) is 42.5 Å². The highest BCUT2D eigenvalue weighted by Gasteiger charge is 2.08. The maximum absolute atomic E-state index is 13.7. The smallest absolute Gasteiger partial charge is 0.335 e. The van der Waals surface area contributed by atoms with E-state index in [2.05, 4.69) is 0 Å². The Balaban J connectivity index is 2.07. The highest BCUT2D eigenvalue weighted by atomic mass is 19.1. The van der Waals surface area contributed by atoms with Gasteiger partial charge in [0.05, 0.1) is 5.56 Å². The number of nitrogens with two attached hydrogens (primary N) is 1. The molecule has 0 saturated carbocycles. The molecule has 2 rings (SSSR count). The van der Waals surface area contributed by atoms with E-state index in [9.17, 15) is 9.18 Å². The number of halogens is 1. The molecule has 0 heterocycles. The monoisotopic (exact) mass is 259 g/mol. The number of aryl methyl sites for hydroxylation is 2. The van der Waals surface area contributed by atoms with E-state index in [0.717, 1.165) is 11.6 Å². The summed E-state index contributed by atoms with van der Waals surface area (Å²) in [6.45, 7) is 0. The van der Waals surface area contributed by atoms with Gasteiger partial charge in [0.1, 0.15) is 5.82 Å². The SMILES string of the molecule is Nc1ccc(CCc2ccc(C(=O)O)cc2F)cc1. The van der Waals surface area contributed by atoms with Gasteiger partial charge in [-0.1, -0.05) is 18.2 Å². The molecule has 19 heavy (non-hydrogen) atoms. The Morgan fingerprint density at radius 2 is 1.79 bits per heavy atom. The van der Waals surface area contributed by atoms with Crippen molar-refractivity contribution in [2.24, 2.45) is 0 Å². The van der Waals surface area contributed by atoms with Gasteiger partial charge in [-0.25, -0.2) is 9.18 Å². The maximum Gasteiger partial charge on any atom is 0.335 e. The molecule has 2 aromatic carbocycles. The molecule has 0 unspecified atom stereocenters. The van der Waals surface area contributed by atoms with Gasteiger partial charge in [-0.05, 0) is 48.2 Å². The van der Waals surface area contributed by atoms with Gasteiger partial charge in [-0.2, -0.15) is 0 Å². The molecule has 0 atom stereocenters.